The summed E-state index contributed by atoms with van der Waals surface area (Å²) in [4.78, 5) is 13.0. The summed E-state index contributed by atoms with van der Waals surface area (Å²) in [5.74, 6) is -0.0878. The zero-order valence-electron chi connectivity index (χ0n) is 12.3. The van der Waals surface area contributed by atoms with Gasteiger partial charge in [0.25, 0.3) is 0 Å². The summed E-state index contributed by atoms with van der Waals surface area (Å²) >= 11 is 0. The van der Waals surface area contributed by atoms with Crippen LogP contribution >= 0.6 is 0 Å². The molecule has 1 saturated heterocycles. The molecule has 0 aromatic heterocycles. The summed E-state index contributed by atoms with van der Waals surface area (Å²) in [6.45, 7) is 5.91. The van der Waals surface area contributed by atoms with Crippen LogP contribution in [0.4, 0.5) is 13.2 Å². The van der Waals surface area contributed by atoms with Crippen LogP contribution in [0.5, 0.6) is 0 Å². The van der Waals surface area contributed by atoms with E-state index in [1.54, 1.807) is 0 Å². The fourth-order valence-corrected chi connectivity index (χ4v) is 2.25. The Labute approximate surface area is 118 Å². The van der Waals surface area contributed by atoms with Crippen LogP contribution in [-0.4, -0.2) is 54.7 Å². The molecule has 1 aliphatic heterocycles. The van der Waals surface area contributed by atoms with Crippen LogP contribution in [0.25, 0.3) is 0 Å². The number of hydrogen-bond acceptors (Lipinski definition) is 3. The van der Waals surface area contributed by atoms with E-state index in [0.717, 1.165) is 0 Å². The third-order valence-electron chi connectivity index (χ3n) is 3.06. The number of alkyl halides is 3. The number of nitrogens with zero attached hydrogens (tertiary/aromatic N) is 1. The van der Waals surface area contributed by atoms with Gasteiger partial charge in [-0.3, -0.25) is 9.69 Å². The van der Waals surface area contributed by atoms with Crippen molar-refractivity contribution in [2.24, 2.45) is 0 Å². The Morgan fingerprint density at radius 3 is 2.20 bits per heavy atom. The number of piperidine rings is 1. The van der Waals surface area contributed by atoms with Gasteiger partial charge in [0.15, 0.2) is 0 Å². The van der Waals surface area contributed by atoms with Gasteiger partial charge in [-0.25, -0.2) is 0 Å². The highest BCUT2D eigenvalue weighted by molar-refractivity contribution is 5.78. The minimum absolute atomic E-state index is 0.0878. The van der Waals surface area contributed by atoms with E-state index in [-0.39, 0.29) is 24.0 Å². The van der Waals surface area contributed by atoms with Gasteiger partial charge in [-0.05, 0) is 46.7 Å². The molecule has 2 N–H and O–H groups in total. The summed E-state index contributed by atoms with van der Waals surface area (Å²) in [7, 11) is 0. The first-order chi connectivity index (χ1) is 9.05. The van der Waals surface area contributed by atoms with Gasteiger partial charge in [0.2, 0.25) is 5.91 Å². The predicted octanol–water partition coefficient (Wildman–Crippen LogP) is 1.52. The number of hydrogen-bond donors (Lipinski definition) is 2. The van der Waals surface area contributed by atoms with Crippen LogP contribution in [0.3, 0.4) is 0 Å². The van der Waals surface area contributed by atoms with Gasteiger partial charge >= 0.3 is 6.18 Å². The second-order valence-electron chi connectivity index (χ2n) is 6.34. The van der Waals surface area contributed by atoms with Crippen molar-refractivity contribution in [3.63, 3.8) is 0 Å². The molecule has 0 aromatic carbocycles. The lowest BCUT2D eigenvalue weighted by molar-refractivity contribution is -0.148. The molecule has 1 rings (SSSR count). The van der Waals surface area contributed by atoms with Crippen LogP contribution in [0.15, 0.2) is 0 Å². The highest BCUT2D eigenvalue weighted by atomic mass is 19.4. The molecule has 1 fully saturated rings. The largest absolute Gasteiger partial charge is 0.401 e. The van der Waals surface area contributed by atoms with E-state index in [2.05, 4.69) is 10.6 Å². The summed E-state index contributed by atoms with van der Waals surface area (Å²) in [5.41, 5.74) is -0.269. The van der Waals surface area contributed by atoms with Gasteiger partial charge < -0.3 is 10.6 Å². The number of carbonyl (C=O) groups excluding carboxylic acids is 1. The Balaban J connectivity index is 2.21. The van der Waals surface area contributed by atoms with Gasteiger partial charge in [0.1, 0.15) is 0 Å². The molecule has 1 amide bonds. The van der Waals surface area contributed by atoms with E-state index in [4.69, 9.17) is 0 Å². The zero-order valence-corrected chi connectivity index (χ0v) is 12.3. The molecule has 118 valence electrons. The average Bonchev–Trinajstić information content (AvgIpc) is 2.23. The smallest absolute Gasteiger partial charge is 0.350 e. The van der Waals surface area contributed by atoms with Crippen molar-refractivity contribution in [2.75, 3.05) is 26.2 Å². The van der Waals surface area contributed by atoms with Crippen molar-refractivity contribution < 1.29 is 18.0 Å². The van der Waals surface area contributed by atoms with E-state index in [1.165, 1.54) is 4.90 Å². The molecule has 0 aromatic rings. The number of nitrogens with one attached hydrogen (secondary N) is 2. The topological polar surface area (TPSA) is 44.4 Å². The van der Waals surface area contributed by atoms with Crippen molar-refractivity contribution in [3.05, 3.63) is 0 Å². The molecule has 0 spiro atoms. The van der Waals surface area contributed by atoms with Gasteiger partial charge in [-0.1, -0.05) is 0 Å². The molecule has 0 saturated carbocycles. The molecule has 1 aliphatic rings. The van der Waals surface area contributed by atoms with Crippen molar-refractivity contribution in [1.29, 1.82) is 0 Å². The van der Waals surface area contributed by atoms with Crippen molar-refractivity contribution in [1.82, 2.24) is 15.5 Å². The quantitative estimate of drug-likeness (QED) is 0.826. The lowest BCUT2D eigenvalue weighted by atomic mass is 10.0. The highest BCUT2D eigenvalue weighted by Crippen LogP contribution is 2.19. The zero-order chi connectivity index (χ0) is 15.4. The fourth-order valence-electron chi connectivity index (χ4n) is 2.25. The van der Waals surface area contributed by atoms with Crippen molar-refractivity contribution in [3.8, 4) is 0 Å². The fraction of sp³-hybridized carbons (Fsp3) is 0.923. The average molecular weight is 295 g/mol. The monoisotopic (exact) mass is 295 g/mol. The molecule has 4 nitrogen and oxygen atoms in total. The number of carbonyl (C=O) groups is 1. The van der Waals surface area contributed by atoms with Crippen LogP contribution in [0.1, 0.15) is 33.6 Å². The van der Waals surface area contributed by atoms with E-state index in [0.29, 0.717) is 25.9 Å². The Bertz CT molecular complexity index is 318. The third kappa shape index (κ3) is 7.69. The number of rotatable bonds is 4. The van der Waals surface area contributed by atoms with Crippen LogP contribution in [0, 0.1) is 0 Å². The molecule has 20 heavy (non-hydrogen) atoms. The first-order valence-electron chi connectivity index (χ1n) is 6.89. The highest BCUT2D eigenvalue weighted by Gasteiger charge is 2.32. The standard InChI is InChI=1S/C13H24F3N3O/c1-12(2,3)18-11(20)8-17-10-4-6-19(7-5-10)9-13(14,15)16/h10,17H,4-9H2,1-3H3,(H,18,20). The maximum atomic E-state index is 12.2. The minimum atomic E-state index is -4.13. The van der Waals surface area contributed by atoms with Gasteiger partial charge in [-0.15, -0.1) is 0 Å². The molecule has 0 radical (unpaired) electrons. The molecule has 1 heterocycles. The maximum absolute atomic E-state index is 12.2. The van der Waals surface area contributed by atoms with E-state index in [1.807, 2.05) is 20.8 Å². The van der Waals surface area contributed by atoms with E-state index >= 15 is 0 Å². The molecule has 0 unspecified atom stereocenters. The number of likely N-dealkylation sites (tertiary alicyclic amines) is 1. The van der Waals surface area contributed by atoms with Gasteiger partial charge in [-0.2, -0.15) is 13.2 Å². The van der Waals surface area contributed by atoms with Crippen LogP contribution < -0.4 is 10.6 Å². The van der Waals surface area contributed by atoms with Crippen molar-refractivity contribution >= 4 is 5.91 Å². The van der Waals surface area contributed by atoms with E-state index < -0.39 is 12.7 Å². The molecular formula is C13H24F3N3O. The normalized spacial score (nSPS) is 19.1. The predicted molar refractivity (Wildman–Crippen MR) is 71.4 cm³/mol. The first-order valence-corrected chi connectivity index (χ1v) is 6.89. The number of halogens is 3. The molecule has 0 aliphatic carbocycles. The molecule has 0 bridgehead atoms. The lowest BCUT2D eigenvalue weighted by Gasteiger charge is -2.32. The first kappa shape index (κ1) is 17.2. The maximum Gasteiger partial charge on any atom is 0.401 e. The molecule has 7 heteroatoms. The second kappa shape index (κ2) is 6.76. The van der Waals surface area contributed by atoms with Crippen LogP contribution in [0.2, 0.25) is 0 Å². The summed E-state index contributed by atoms with van der Waals surface area (Å²) in [5, 5.41) is 5.95. The number of amides is 1. The molecule has 0 atom stereocenters. The Morgan fingerprint density at radius 1 is 1.20 bits per heavy atom. The Morgan fingerprint density at radius 2 is 1.75 bits per heavy atom. The Hall–Kier alpha value is -0.820. The Kier molecular flexibility index (Phi) is 5.82. The minimum Gasteiger partial charge on any atom is -0.350 e. The molecular weight excluding hydrogens is 271 g/mol. The lowest BCUT2D eigenvalue weighted by Crippen LogP contribution is -2.49. The van der Waals surface area contributed by atoms with Crippen LogP contribution in [-0.2, 0) is 4.79 Å². The third-order valence-corrected chi connectivity index (χ3v) is 3.06. The van der Waals surface area contributed by atoms with Crippen molar-refractivity contribution in [2.45, 2.75) is 51.4 Å². The summed E-state index contributed by atoms with van der Waals surface area (Å²) < 4.78 is 36.7. The van der Waals surface area contributed by atoms with Gasteiger partial charge in [0.05, 0.1) is 13.1 Å². The second-order valence-corrected chi connectivity index (χ2v) is 6.34. The van der Waals surface area contributed by atoms with E-state index in [9.17, 15) is 18.0 Å². The SMILES string of the molecule is CC(C)(C)NC(=O)CNC1CCN(CC(F)(F)F)CC1. The summed E-state index contributed by atoms with van der Waals surface area (Å²) in [6, 6.07) is 0.116. The van der Waals surface area contributed by atoms with Gasteiger partial charge in [0, 0.05) is 11.6 Å². The summed E-state index contributed by atoms with van der Waals surface area (Å²) in [6.07, 6.45) is -2.86.